The molecule has 4 nitrogen and oxygen atoms in total. The highest BCUT2D eigenvalue weighted by Crippen LogP contribution is 2.38. The molecule has 0 radical (unpaired) electrons. The Morgan fingerprint density at radius 3 is 3.10 bits per heavy atom. The van der Waals surface area contributed by atoms with Crippen LogP contribution in [0.15, 0.2) is 30.6 Å². The molecule has 0 spiro atoms. The van der Waals surface area contributed by atoms with Crippen LogP contribution in [-0.2, 0) is 13.5 Å². The Hall–Kier alpha value is -1.68. The summed E-state index contributed by atoms with van der Waals surface area (Å²) in [5.74, 6) is 0.427. The van der Waals surface area contributed by atoms with Gasteiger partial charge in [0.15, 0.2) is 0 Å². The molecule has 0 fully saturated rings. The van der Waals surface area contributed by atoms with Crippen molar-refractivity contribution >= 4 is 0 Å². The van der Waals surface area contributed by atoms with Gasteiger partial charge in [-0.05, 0) is 49.9 Å². The van der Waals surface area contributed by atoms with Crippen molar-refractivity contribution in [2.45, 2.75) is 44.6 Å². The number of nitrogens with one attached hydrogen (secondary N) is 1. The first-order valence-electron chi connectivity index (χ1n) is 7.96. The number of rotatable bonds is 5. The molecule has 0 bridgehead atoms. The molecule has 4 heteroatoms. The summed E-state index contributed by atoms with van der Waals surface area (Å²) in [5.41, 5.74) is 3.81. The zero-order valence-corrected chi connectivity index (χ0v) is 12.9. The molecule has 2 atom stereocenters. The van der Waals surface area contributed by atoms with Gasteiger partial charge in [-0.2, -0.15) is 5.10 Å². The molecule has 0 aromatic carbocycles. The maximum atomic E-state index is 4.69. The van der Waals surface area contributed by atoms with Gasteiger partial charge < -0.3 is 5.32 Å². The first-order valence-corrected chi connectivity index (χ1v) is 7.96. The molecule has 21 heavy (non-hydrogen) atoms. The minimum Gasteiger partial charge on any atom is -0.308 e. The van der Waals surface area contributed by atoms with Gasteiger partial charge >= 0.3 is 0 Å². The van der Waals surface area contributed by atoms with Crippen LogP contribution in [0.5, 0.6) is 0 Å². The molecule has 2 aromatic rings. The number of hydrogen-bond acceptors (Lipinski definition) is 3. The second-order valence-electron chi connectivity index (χ2n) is 5.89. The van der Waals surface area contributed by atoms with Gasteiger partial charge in [-0.1, -0.05) is 13.0 Å². The average Bonchev–Trinajstić information content (AvgIpc) is 2.94. The van der Waals surface area contributed by atoms with E-state index >= 15 is 0 Å². The minimum absolute atomic E-state index is 0.264. The van der Waals surface area contributed by atoms with Gasteiger partial charge in [0, 0.05) is 31.1 Å². The summed E-state index contributed by atoms with van der Waals surface area (Å²) >= 11 is 0. The Kier molecular flexibility index (Phi) is 4.34. The monoisotopic (exact) mass is 284 g/mol. The van der Waals surface area contributed by atoms with Crippen LogP contribution in [0.4, 0.5) is 0 Å². The molecule has 3 rings (SSSR count). The lowest BCUT2D eigenvalue weighted by molar-refractivity contribution is 0.385. The summed E-state index contributed by atoms with van der Waals surface area (Å²) in [6.07, 6.45) is 8.65. The van der Waals surface area contributed by atoms with Crippen LogP contribution < -0.4 is 5.32 Å². The van der Waals surface area contributed by atoms with Crippen LogP contribution in [0, 0.1) is 0 Å². The summed E-state index contributed by atoms with van der Waals surface area (Å²) in [6.45, 7) is 3.22. The first kappa shape index (κ1) is 14.3. The van der Waals surface area contributed by atoms with Gasteiger partial charge in [0.1, 0.15) is 0 Å². The van der Waals surface area contributed by atoms with Gasteiger partial charge in [-0.3, -0.25) is 9.67 Å². The van der Waals surface area contributed by atoms with Crippen LogP contribution in [-0.4, -0.2) is 21.3 Å². The summed E-state index contributed by atoms with van der Waals surface area (Å²) in [5, 5.41) is 8.33. The van der Waals surface area contributed by atoms with E-state index in [1.807, 2.05) is 24.1 Å². The van der Waals surface area contributed by atoms with Crippen molar-refractivity contribution in [1.82, 2.24) is 20.1 Å². The first-order chi connectivity index (χ1) is 10.3. The molecule has 0 aliphatic heterocycles. The Bertz CT molecular complexity index is 590. The topological polar surface area (TPSA) is 42.7 Å². The van der Waals surface area contributed by atoms with E-state index < -0.39 is 0 Å². The van der Waals surface area contributed by atoms with Crippen molar-refractivity contribution in [2.24, 2.45) is 7.05 Å². The fourth-order valence-corrected chi connectivity index (χ4v) is 3.32. The summed E-state index contributed by atoms with van der Waals surface area (Å²) in [7, 11) is 1.98. The summed E-state index contributed by atoms with van der Waals surface area (Å²) in [6, 6.07) is 6.67. The molecule has 0 amide bonds. The van der Waals surface area contributed by atoms with E-state index in [-0.39, 0.29) is 6.04 Å². The molecule has 0 saturated heterocycles. The van der Waals surface area contributed by atoms with Crippen molar-refractivity contribution in [2.75, 3.05) is 6.54 Å². The van der Waals surface area contributed by atoms with Gasteiger partial charge in [0.25, 0.3) is 0 Å². The maximum absolute atomic E-state index is 4.69. The van der Waals surface area contributed by atoms with Gasteiger partial charge in [-0.15, -0.1) is 0 Å². The van der Waals surface area contributed by atoms with Gasteiger partial charge in [0.05, 0.1) is 11.7 Å². The van der Waals surface area contributed by atoms with E-state index in [9.17, 15) is 0 Å². The van der Waals surface area contributed by atoms with Crippen molar-refractivity contribution in [3.05, 3.63) is 47.5 Å². The quantitative estimate of drug-likeness (QED) is 0.918. The molecule has 1 aliphatic carbocycles. The van der Waals surface area contributed by atoms with Crippen LogP contribution in [0.1, 0.15) is 55.1 Å². The van der Waals surface area contributed by atoms with E-state index in [1.165, 1.54) is 24.1 Å². The number of nitrogens with zero attached hydrogens (tertiary/aromatic N) is 3. The molecule has 2 unspecified atom stereocenters. The lowest BCUT2D eigenvalue weighted by atomic mass is 9.81. The third-order valence-electron chi connectivity index (χ3n) is 4.31. The van der Waals surface area contributed by atoms with Gasteiger partial charge in [0.2, 0.25) is 0 Å². The summed E-state index contributed by atoms with van der Waals surface area (Å²) < 4.78 is 1.89. The molecular weight excluding hydrogens is 260 g/mol. The smallest absolute Gasteiger partial charge is 0.0800 e. The minimum atomic E-state index is 0.264. The van der Waals surface area contributed by atoms with E-state index in [0.717, 1.165) is 25.1 Å². The fourth-order valence-electron chi connectivity index (χ4n) is 3.32. The van der Waals surface area contributed by atoms with Crippen molar-refractivity contribution in [3.63, 3.8) is 0 Å². The predicted octanol–water partition coefficient (Wildman–Crippen LogP) is 2.98. The number of aryl methyl sites for hydroxylation is 2. The molecule has 0 saturated carbocycles. The zero-order valence-electron chi connectivity index (χ0n) is 12.9. The molecule has 2 aromatic heterocycles. The second-order valence-corrected chi connectivity index (χ2v) is 5.89. The molecule has 2 heterocycles. The molecule has 1 N–H and O–H groups in total. The third-order valence-corrected chi connectivity index (χ3v) is 4.31. The van der Waals surface area contributed by atoms with Crippen molar-refractivity contribution in [1.29, 1.82) is 0 Å². The molecular formula is C17H24N4. The molecule has 112 valence electrons. The van der Waals surface area contributed by atoms with E-state index in [1.54, 1.807) is 0 Å². The average molecular weight is 284 g/mol. The lowest BCUT2D eigenvalue weighted by Gasteiger charge is -2.31. The number of fused-ring (bicyclic) bond motifs is 1. The Labute approximate surface area is 126 Å². The predicted molar refractivity (Wildman–Crippen MR) is 84.2 cm³/mol. The second kappa shape index (κ2) is 6.39. The highest BCUT2D eigenvalue weighted by atomic mass is 15.3. The van der Waals surface area contributed by atoms with E-state index in [2.05, 4.69) is 40.5 Å². The third kappa shape index (κ3) is 3.00. The van der Waals surface area contributed by atoms with Crippen LogP contribution in [0.25, 0.3) is 0 Å². The van der Waals surface area contributed by atoms with Crippen molar-refractivity contribution < 1.29 is 0 Å². The fraction of sp³-hybridized carbons (Fsp3) is 0.529. The van der Waals surface area contributed by atoms with Crippen LogP contribution in [0.3, 0.4) is 0 Å². The van der Waals surface area contributed by atoms with E-state index in [0.29, 0.717) is 5.92 Å². The Balaban J connectivity index is 1.93. The highest BCUT2D eigenvalue weighted by Gasteiger charge is 2.31. The lowest BCUT2D eigenvalue weighted by Crippen LogP contribution is -2.31. The normalized spacial score (nSPS) is 19.2. The Morgan fingerprint density at radius 1 is 1.43 bits per heavy atom. The zero-order chi connectivity index (χ0) is 14.7. The largest absolute Gasteiger partial charge is 0.308 e. The van der Waals surface area contributed by atoms with E-state index in [4.69, 9.17) is 0 Å². The van der Waals surface area contributed by atoms with Crippen molar-refractivity contribution in [3.8, 4) is 0 Å². The number of pyridine rings is 1. The standard InChI is InChI=1S/C17H24N4/c1-3-10-18-17(15-9-12-21(2)20-15)14-8-4-6-13-7-5-11-19-16(13)14/h5,7,9,11-12,14,17-18H,3-4,6,8,10H2,1-2H3. The number of aromatic nitrogens is 3. The number of hydrogen-bond donors (Lipinski definition) is 1. The van der Waals surface area contributed by atoms with Gasteiger partial charge in [-0.25, -0.2) is 0 Å². The highest BCUT2D eigenvalue weighted by molar-refractivity contribution is 5.29. The maximum Gasteiger partial charge on any atom is 0.0800 e. The van der Waals surface area contributed by atoms with Crippen LogP contribution in [0.2, 0.25) is 0 Å². The van der Waals surface area contributed by atoms with Crippen LogP contribution >= 0.6 is 0 Å². The summed E-state index contributed by atoms with van der Waals surface area (Å²) in [4.78, 5) is 4.69. The molecule has 1 aliphatic rings. The SMILES string of the molecule is CCCNC(c1ccn(C)n1)C1CCCc2cccnc21. The Morgan fingerprint density at radius 2 is 2.33 bits per heavy atom.